The van der Waals surface area contributed by atoms with E-state index < -0.39 is 10.8 Å². The lowest BCUT2D eigenvalue weighted by molar-refractivity contribution is 0.265. The molecular formula is C15H17N3OS. The van der Waals surface area contributed by atoms with Crippen molar-refractivity contribution in [3.8, 4) is 0 Å². The van der Waals surface area contributed by atoms with Gasteiger partial charge in [0, 0.05) is 36.5 Å². The summed E-state index contributed by atoms with van der Waals surface area (Å²) < 4.78 is 12.2. The van der Waals surface area contributed by atoms with E-state index >= 15 is 0 Å². The normalized spacial score (nSPS) is 16.6. The van der Waals surface area contributed by atoms with Crippen molar-refractivity contribution in [2.24, 2.45) is 0 Å². The summed E-state index contributed by atoms with van der Waals surface area (Å²) >= 11 is 0. The number of nitrogens with zero attached hydrogens (tertiary/aromatic N) is 3. The van der Waals surface area contributed by atoms with E-state index in [4.69, 9.17) is 0 Å². The Morgan fingerprint density at radius 1 is 1.25 bits per heavy atom. The average molecular weight is 287 g/mol. The molecule has 0 radical (unpaired) electrons. The molecule has 0 N–H and O–H groups in total. The molecule has 2 heterocycles. The van der Waals surface area contributed by atoms with Gasteiger partial charge in [-0.2, -0.15) is 0 Å². The van der Waals surface area contributed by atoms with E-state index in [-0.39, 0.29) is 0 Å². The van der Waals surface area contributed by atoms with Crippen LogP contribution in [-0.2, 0) is 23.8 Å². The second-order valence-corrected chi connectivity index (χ2v) is 6.45. The molecule has 4 nitrogen and oxygen atoms in total. The number of hydrogen-bond donors (Lipinski definition) is 0. The molecule has 0 fully saturated rings. The average Bonchev–Trinajstić information content (AvgIpc) is 2.53. The van der Waals surface area contributed by atoms with E-state index in [0.717, 1.165) is 36.6 Å². The molecule has 2 aromatic rings. The van der Waals surface area contributed by atoms with Crippen molar-refractivity contribution < 1.29 is 4.21 Å². The molecule has 0 spiro atoms. The standard InChI is InChI=1S/C15H17N3OS/c19-20(14-4-2-1-3-5-14)9-8-18-7-6-13-10-16-12-17-15(13)11-18/h1-5,10,12H,6-9,11H2. The van der Waals surface area contributed by atoms with Crippen LogP contribution in [0.4, 0.5) is 0 Å². The predicted octanol–water partition coefficient (Wildman–Crippen LogP) is 1.64. The van der Waals surface area contributed by atoms with Gasteiger partial charge in [0.15, 0.2) is 0 Å². The van der Waals surface area contributed by atoms with Gasteiger partial charge in [-0.25, -0.2) is 9.97 Å². The summed E-state index contributed by atoms with van der Waals surface area (Å²) in [5.41, 5.74) is 2.35. The third kappa shape index (κ3) is 3.11. The van der Waals surface area contributed by atoms with Crippen LogP contribution in [0.1, 0.15) is 11.3 Å². The van der Waals surface area contributed by atoms with Crippen molar-refractivity contribution in [3.05, 3.63) is 54.1 Å². The lowest BCUT2D eigenvalue weighted by Crippen LogP contribution is -2.34. The summed E-state index contributed by atoms with van der Waals surface area (Å²) in [5, 5.41) is 0. The second-order valence-electron chi connectivity index (χ2n) is 4.88. The van der Waals surface area contributed by atoms with Crippen LogP contribution < -0.4 is 0 Å². The third-order valence-electron chi connectivity index (χ3n) is 3.55. The molecule has 1 atom stereocenters. The van der Waals surface area contributed by atoms with E-state index in [1.165, 1.54) is 5.56 Å². The summed E-state index contributed by atoms with van der Waals surface area (Å²) in [5.74, 6) is 0.671. The van der Waals surface area contributed by atoms with Crippen molar-refractivity contribution in [2.75, 3.05) is 18.8 Å². The highest BCUT2D eigenvalue weighted by molar-refractivity contribution is 7.85. The highest BCUT2D eigenvalue weighted by atomic mass is 32.2. The maximum atomic E-state index is 12.2. The Hall–Kier alpha value is -1.59. The van der Waals surface area contributed by atoms with Gasteiger partial charge in [0.2, 0.25) is 0 Å². The summed E-state index contributed by atoms with van der Waals surface area (Å²) in [6.45, 7) is 2.67. The molecule has 0 aliphatic carbocycles. The highest BCUT2D eigenvalue weighted by Crippen LogP contribution is 2.15. The molecule has 0 amide bonds. The number of hydrogen-bond acceptors (Lipinski definition) is 4. The van der Waals surface area contributed by atoms with Gasteiger partial charge in [0.1, 0.15) is 6.33 Å². The molecule has 5 heteroatoms. The predicted molar refractivity (Wildman–Crippen MR) is 78.7 cm³/mol. The SMILES string of the molecule is O=S(CCN1CCc2cncnc2C1)c1ccccc1. The molecular weight excluding hydrogens is 270 g/mol. The van der Waals surface area contributed by atoms with Crippen molar-refractivity contribution >= 4 is 10.8 Å². The monoisotopic (exact) mass is 287 g/mol. The molecule has 20 heavy (non-hydrogen) atoms. The van der Waals surface area contributed by atoms with Gasteiger partial charge in [0.05, 0.1) is 16.5 Å². The lowest BCUT2D eigenvalue weighted by Gasteiger charge is -2.27. The number of fused-ring (bicyclic) bond motifs is 1. The van der Waals surface area contributed by atoms with Crippen molar-refractivity contribution in [1.82, 2.24) is 14.9 Å². The van der Waals surface area contributed by atoms with E-state index in [0.29, 0.717) is 5.75 Å². The third-order valence-corrected chi connectivity index (χ3v) is 4.90. The maximum Gasteiger partial charge on any atom is 0.115 e. The Bertz CT molecular complexity index is 603. The minimum absolute atomic E-state index is 0.671. The Balaban J connectivity index is 1.57. The minimum atomic E-state index is -0.917. The first-order valence-corrected chi connectivity index (χ1v) is 8.08. The quantitative estimate of drug-likeness (QED) is 0.857. The fourth-order valence-corrected chi connectivity index (χ4v) is 3.52. The highest BCUT2D eigenvalue weighted by Gasteiger charge is 2.17. The van der Waals surface area contributed by atoms with Crippen LogP contribution >= 0.6 is 0 Å². The van der Waals surface area contributed by atoms with E-state index in [2.05, 4.69) is 14.9 Å². The van der Waals surface area contributed by atoms with Gasteiger partial charge in [-0.05, 0) is 24.1 Å². The van der Waals surface area contributed by atoms with Crippen LogP contribution in [-0.4, -0.2) is 37.9 Å². The molecule has 1 aromatic carbocycles. The van der Waals surface area contributed by atoms with Gasteiger partial charge in [0.25, 0.3) is 0 Å². The lowest BCUT2D eigenvalue weighted by atomic mass is 10.1. The van der Waals surface area contributed by atoms with Crippen LogP contribution in [0.5, 0.6) is 0 Å². The molecule has 0 bridgehead atoms. The van der Waals surface area contributed by atoms with Gasteiger partial charge in [-0.3, -0.25) is 9.11 Å². The zero-order valence-corrected chi connectivity index (χ0v) is 12.1. The summed E-state index contributed by atoms with van der Waals surface area (Å²) in [7, 11) is -0.917. The molecule has 1 unspecified atom stereocenters. The second kappa shape index (κ2) is 6.24. The first-order chi connectivity index (χ1) is 9.83. The summed E-state index contributed by atoms with van der Waals surface area (Å²) in [4.78, 5) is 11.6. The van der Waals surface area contributed by atoms with Gasteiger partial charge >= 0.3 is 0 Å². The first-order valence-electron chi connectivity index (χ1n) is 6.76. The smallest absolute Gasteiger partial charge is 0.115 e. The number of aromatic nitrogens is 2. The zero-order chi connectivity index (χ0) is 13.8. The Kier molecular flexibility index (Phi) is 4.18. The van der Waals surface area contributed by atoms with E-state index in [1.54, 1.807) is 6.33 Å². The largest absolute Gasteiger partial charge is 0.296 e. The summed E-state index contributed by atoms with van der Waals surface area (Å²) in [6.07, 6.45) is 4.49. The van der Waals surface area contributed by atoms with Crippen LogP contribution in [0.25, 0.3) is 0 Å². The first kappa shape index (κ1) is 13.4. The van der Waals surface area contributed by atoms with E-state index in [9.17, 15) is 4.21 Å². The van der Waals surface area contributed by atoms with Gasteiger partial charge in [-0.15, -0.1) is 0 Å². The van der Waals surface area contributed by atoms with Crippen molar-refractivity contribution in [2.45, 2.75) is 17.9 Å². The molecule has 1 aromatic heterocycles. The van der Waals surface area contributed by atoms with Gasteiger partial charge in [-0.1, -0.05) is 18.2 Å². The summed E-state index contributed by atoms with van der Waals surface area (Å²) in [6, 6.07) is 9.66. The molecule has 1 aliphatic heterocycles. The zero-order valence-electron chi connectivity index (χ0n) is 11.2. The topological polar surface area (TPSA) is 46.1 Å². The van der Waals surface area contributed by atoms with Crippen LogP contribution in [0.15, 0.2) is 47.8 Å². The number of benzene rings is 1. The van der Waals surface area contributed by atoms with Crippen molar-refractivity contribution in [1.29, 1.82) is 0 Å². The van der Waals surface area contributed by atoms with Gasteiger partial charge < -0.3 is 0 Å². The molecule has 0 saturated heterocycles. The minimum Gasteiger partial charge on any atom is -0.296 e. The Morgan fingerprint density at radius 2 is 2.10 bits per heavy atom. The number of rotatable bonds is 4. The molecule has 1 aliphatic rings. The van der Waals surface area contributed by atoms with Crippen molar-refractivity contribution in [3.63, 3.8) is 0 Å². The molecule has 3 rings (SSSR count). The molecule has 104 valence electrons. The van der Waals surface area contributed by atoms with E-state index in [1.807, 2.05) is 36.5 Å². The Morgan fingerprint density at radius 3 is 2.95 bits per heavy atom. The van der Waals surface area contributed by atoms with Crippen LogP contribution in [0.2, 0.25) is 0 Å². The fourth-order valence-electron chi connectivity index (χ4n) is 2.40. The van der Waals surface area contributed by atoms with Crippen LogP contribution in [0.3, 0.4) is 0 Å². The maximum absolute atomic E-state index is 12.2. The van der Waals surface area contributed by atoms with Crippen LogP contribution in [0, 0.1) is 0 Å². The fraction of sp³-hybridized carbons (Fsp3) is 0.333. The Labute approximate surface area is 121 Å². The molecule has 0 saturated carbocycles.